The molecule has 1 aliphatic carbocycles. The van der Waals surface area contributed by atoms with Crippen molar-refractivity contribution in [1.29, 1.82) is 0 Å². The summed E-state index contributed by atoms with van der Waals surface area (Å²) in [5.74, 6) is 0.464. The third-order valence-electron chi connectivity index (χ3n) is 3.80. The molecule has 1 atom stereocenters. The minimum absolute atomic E-state index is 0.0215. The highest BCUT2D eigenvalue weighted by atomic mass is 15.3. The third kappa shape index (κ3) is 4.32. The Morgan fingerprint density at radius 1 is 1.14 bits per heavy atom. The summed E-state index contributed by atoms with van der Waals surface area (Å²) in [4.78, 5) is 0. The van der Waals surface area contributed by atoms with Crippen LogP contribution >= 0.6 is 0 Å². The molecule has 1 unspecified atom stereocenters. The lowest BCUT2D eigenvalue weighted by atomic mass is 9.93. The first-order valence-electron chi connectivity index (χ1n) is 7.61. The molecular weight excluding hydrogens is 256 g/mol. The van der Waals surface area contributed by atoms with Crippen LogP contribution < -0.4 is 5.43 Å². The zero-order chi connectivity index (χ0) is 15.5. The molecule has 0 spiro atoms. The minimum atomic E-state index is -0.0215. The van der Waals surface area contributed by atoms with Crippen LogP contribution in [0.25, 0.3) is 0 Å². The predicted molar refractivity (Wildman–Crippen MR) is 91.5 cm³/mol. The van der Waals surface area contributed by atoms with Gasteiger partial charge in [0.15, 0.2) is 0 Å². The van der Waals surface area contributed by atoms with Crippen LogP contribution in [-0.2, 0) is 0 Å². The molecule has 2 nitrogen and oxygen atoms in total. The molecule has 0 fully saturated rings. The number of benzene rings is 1. The molecule has 1 aromatic rings. The number of nitrogens with zero attached hydrogens (tertiary/aromatic N) is 1. The van der Waals surface area contributed by atoms with Crippen LogP contribution in [0.15, 0.2) is 58.7 Å². The van der Waals surface area contributed by atoms with Crippen molar-refractivity contribution in [3.05, 3.63) is 59.2 Å². The summed E-state index contributed by atoms with van der Waals surface area (Å²) >= 11 is 0. The second-order valence-corrected chi connectivity index (χ2v) is 6.82. The summed E-state index contributed by atoms with van der Waals surface area (Å²) in [6.07, 6.45) is 5.45. The Morgan fingerprint density at radius 2 is 1.81 bits per heavy atom. The van der Waals surface area contributed by atoms with Crippen molar-refractivity contribution in [3.8, 4) is 0 Å². The van der Waals surface area contributed by atoms with Gasteiger partial charge >= 0.3 is 0 Å². The summed E-state index contributed by atoms with van der Waals surface area (Å²) in [6, 6.07) is 10.4. The van der Waals surface area contributed by atoms with Crippen LogP contribution in [0.1, 0.15) is 46.6 Å². The maximum absolute atomic E-state index is 4.70. The van der Waals surface area contributed by atoms with E-state index in [1.165, 1.54) is 16.7 Å². The van der Waals surface area contributed by atoms with E-state index in [1.54, 1.807) is 0 Å². The van der Waals surface area contributed by atoms with E-state index in [9.17, 15) is 0 Å². The Balaban J connectivity index is 2.23. The Bertz CT molecular complexity index is 571. The predicted octanol–water partition coefficient (Wildman–Crippen LogP) is 4.69. The molecule has 1 N–H and O–H groups in total. The summed E-state index contributed by atoms with van der Waals surface area (Å²) in [7, 11) is 0. The smallest absolute Gasteiger partial charge is 0.0684 e. The summed E-state index contributed by atoms with van der Waals surface area (Å²) in [5.41, 5.74) is 8.40. The number of hydrogen-bond donors (Lipinski definition) is 1. The molecule has 2 heteroatoms. The second kappa shape index (κ2) is 6.30. The number of hydrogen-bond acceptors (Lipinski definition) is 2. The topological polar surface area (TPSA) is 24.4 Å². The molecule has 0 bridgehead atoms. The van der Waals surface area contributed by atoms with E-state index < -0.39 is 0 Å². The summed E-state index contributed by atoms with van der Waals surface area (Å²) < 4.78 is 0. The van der Waals surface area contributed by atoms with Crippen molar-refractivity contribution >= 4 is 5.71 Å². The van der Waals surface area contributed by atoms with Crippen molar-refractivity contribution in [2.45, 2.75) is 46.6 Å². The van der Waals surface area contributed by atoms with Crippen LogP contribution in [0.2, 0.25) is 0 Å². The fourth-order valence-electron chi connectivity index (χ4n) is 2.35. The Hall–Kier alpha value is -1.83. The lowest BCUT2D eigenvalue weighted by Gasteiger charge is -2.20. The average Bonchev–Trinajstić information content (AvgIpc) is 2.75. The largest absolute Gasteiger partial charge is 0.305 e. The highest BCUT2D eigenvalue weighted by Gasteiger charge is 2.18. The van der Waals surface area contributed by atoms with Gasteiger partial charge in [-0.25, -0.2) is 0 Å². The van der Waals surface area contributed by atoms with Crippen LogP contribution in [0.5, 0.6) is 0 Å². The molecule has 0 amide bonds. The molecule has 0 radical (unpaired) electrons. The van der Waals surface area contributed by atoms with Gasteiger partial charge in [0.25, 0.3) is 0 Å². The maximum atomic E-state index is 4.70. The first kappa shape index (κ1) is 15.6. The zero-order valence-electron chi connectivity index (χ0n) is 13.8. The molecule has 112 valence electrons. The Morgan fingerprint density at radius 3 is 2.33 bits per heavy atom. The monoisotopic (exact) mass is 282 g/mol. The van der Waals surface area contributed by atoms with Gasteiger partial charge < -0.3 is 5.43 Å². The van der Waals surface area contributed by atoms with E-state index >= 15 is 0 Å². The minimum Gasteiger partial charge on any atom is -0.305 e. The van der Waals surface area contributed by atoms with Crippen molar-refractivity contribution in [2.75, 3.05) is 0 Å². The third-order valence-corrected chi connectivity index (χ3v) is 3.80. The number of hydrazone groups is 1. The van der Waals surface area contributed by atoms with Gasteiger partial charge in [0.1, 0.15) is 0 Å². The Labute approximate surface area is 128 Å². The Kier molecular flexibility index (Phi) is 4.66. The fraction of sp³-hybridized carbons (Fsp3) is 0.421. The molecule has 0 saturated carbocycles. The molecular formula is C19H26N2. The van der Waals surface area contributed by atoms with Gasteiger partial charge in [0.2, 0.25) is 0 Å². The number of nitrogens with one attached hydrogen (secondary N) is 1. The van der Waals surface area contributed by atoms with Gasteiger partial charge in [-0.1, -0.05) is 53.6 Å². The fourth-order valence-corrected chi connectivity index (χ4v) is 2.35. The molecule has 1 aliphatic rings. The number of allylic oxidation sites excluding steroid dienone is 4. The van der Waals surface area contributed by atoms with Crippen LogP contribution in [-0.4, -0.2) is 11.3 Å². The quantitative estimate of drug-likeness (QED) is 0.628. The summed E-state index contributed by atoms with van der Waals surface area (Å²) in [6.45, 7) is 10.8. The van der Waals surface area contributed by atoms with Crippen LogP contribution in [0, 0.1) is 5.92 Å². The molecule has 0 aliphatic heterocycles. The van der Waals surface area contributed by atoms with E-state index in [1.807, 2.05) is 6.07 Å². The van der Waals surface area contributed by atoms with Crippen molar-refractivity contribution in [1.82, 2.24) is 5.43 Å². The van der Waals surface area contributed by atoms with E-state index in [0.717, 1.165) is 12.1 Å². The van der Waals surface area contributed by atoms with Crippen molar-refractivity contribution < 1.29 is 0 Å². The highest BCUT2D eigenvalue weighted by molar-refractivity contribution is 6.00. The van der Waals surface area contributed by atoms with Gasteiger partial charge in [-0.2, -0.15) is 5.10 Å². The first-order chi connectivity index (χ1) is 9.87. The molecule has 1 aromatic carbocycles. The van der Waals surface area contributed by atoms with Gasteiger partial charge in [-0.3, -0.25) is 0 Å². The summed E-state index contributed by atoms with van der Waals surface area (Å²) in [5, 5.41) is 4.70. The lowest BCUT2D eigenvalue weighted by Crippen LogP contribution is -2.32. The molecule has 0 saturated heterocycles. The molecule has 0 aromatic heterocycles. The van der Waals surface area contributed by atoms with E-state index in [-0.39, 0.29) is 5.54 Å². The van der Waals surface area contributed by atoms with Gasteiger partial charge in [0.05, 0.1) is 5.71 Å². The normalized spacial score (nSPS) is 19.3. The van der Waals surface area contributed by atoms with Gasteiger partial charge in [0, 0.05) is 17.9 Å². The van der Waals surface area contributed by atoms with Crippen LogP contribution in [0.3, 0.4) is 0 Å². The van der Waals surface area contributed by atoms with Gasteiger partial charge in [-0.15, -0.1) is 0 Å². The van der Waals surface area contributed by atoms with Crippen LogP contribution in [0.4, 0.5) is 0 Å². The zero-order valence-corrected chi connectivity index (χ0v) is 13.8. The van der Waals surface area contributed by atoms with E-state index in [4.69, 9.17) is 5.10 Å². The van der Waals surface area contributed by atoms with E-state index in [0.29, 0.717) is 5.92 Å². The second-order valence-electron chi connectivity index (χ2n) is 6.82. The maximum Gasteiger partial charge on any atom is 0.0684 e. The standard InChI is InChI=1S/C19H26N2/c1-14-11-12-17(15(14)2)13-18(20-21-19(3,4)5)16-9-7-6-8-10-16/h6-12,17,21H,13H2,1-5H3. The van der Waals surface area contributed by atoms with E-state index in [2.05, 4.69) is 76.5 Å². The first-order valence-corrected chi connectivity index (χ1v) is 7.61. The highest BCUT2D eigenvalue weighted by Crippen LogP contribution is 2.28. The van der Waals surface area contributed by atoms with Gasteiger partial charge in [-0.05, 0) is 40.2 Å². The van der Waals surface area contributed by atoms with Crippen molar-refractivity contribution in [2.24, 2.45) is 11.0 Å². The number of rotatable bonds is 4. The average molecular weight is 282 g/mol. The lowest BCUT2D eigenvalue weighted by molar-refractivity contribution is 0.440. The molecule has 2 rings (SSSR count). The molecule has 21 heavy (non-hydrogen) atoms. The SMILES string of the molecule is CC1=C(C)C(CC(=NNC(C)(C)C)c2ccccc2)C=C1. The molecule has 0 heterocycles. The van der Waals surface area contributed by atoms with Crippen molar-refractivity contribution in [3.63, 3.8) is 0 Å².